The third-order valence-electron chi connectivity index (χ3n) is 3.55. The second-order valence-electron chi connectivity index (χ2n) is 5.37. The molecule has 0 unspecified atom stereocenters. The Morgan fingerprint density at radius 2 is 2.05 bits per heavy atom. The van der Waals surface area contributed by atoms with E-state index in [9.17, 15) is 0 Å². The number of thiazole rings is 1. The van der Waals surface area contributed by atoms with Crippen molar-refractivity contribution in [3.63, 3.8) is 0 Å². The molecule has 1 saturated heterocycles. The molecule has 1 aliphatic heterocycles. The molecule has 0 amide bonds. The van der Waals surface area contributed by atoms with Crippen LogP contribution in [0.15, 0.2) is 11.6 Å². The maximum Gasteiger partial charge on any atom is 0.112 e. The topological polar surface area (TPSA) is 37.0 Å². The van der Waals surface area contributed by atoms with Crippen molar-refractivity contribution in [1.29, 1.82) is 0 Å². The van der Waals surface area contributed by atoms with E-state index in [1.54, 1.807) is 11.3 Å². The molecule has 0 atom stereocenters. The van der Waals surface area contributed by atoms with Crippen molar-refractivity contribution in [3.05, 3.63) is 16.6 Å². The molecule has 0 aromatic carbocycles. The molecule has 112 valence electrons. The van der Waals surface area contributed by atoms with Gasteiger partial charge >= 0.3 is 0 Å². The monoisotopic (exact) mass is 325 g/mol. The number of halogens is 2. The van der Waals surface area contributed by atoms with Crippen molar-refractivity contribution >= 4 is 36.2 Å². The standard InChI is InChI=1S/C13H23N3S.2ClH/c1-13(2,12-15-9-10-17-12)16-8-5-11-3-6-14-7-4-11;;/h9-11,14,16H,3-8H2,1-2H3;2*1H. The molecule has 2 N–H and O–H groups in total. The summed E-state index contributed by atoms with van der Waals surface area (Å²) in [6.07, 6.45) is 5.84. The van der Waals surface area contributed by atoms with Gasteiger partial charge in [-0.05, 0) is 58.7 Å². The van der Waals surface area contributed by atoms with Gasteiger partial charge in [0.05, 0.1) is 5.54 Å². The summed E-state index contributed by atoms with van der Waals surface area (Å²) >= 11 is 1.73. The average molecular weight is 326 g/mol. The number of rotatable bonds is 5. The maximum atomic E-state index is 4.40. The maximum absolute atomic E-state index is 4.40. The lowest BCUT2D eigenvalue weighted by molar-refractivity contribution is 0.320. The second kappa shape index (κ2) is 9.14. The van der Waals surface area contributed by atoms with Crippen LogP contribution >= 0.6 is 36.2 Å². The number of aromatic nitrogens is 1. The fourth-order valence-corrected chi connectivity index (χ4v) is 3.11. The largest absolute Gasteiger partial charge is 0.317 e. The van der Waals surface area contributed by atoms with Crippen LogP contribution in [0.25, 0.3) is 0 Å². The molecule has 6 heteroatoms. The Balaban J connectivity index is 0.00000162. The van der Waals surface area contributed by atoms with Gasteiger partial charge in [-0.2, -0.15) is 0 Å². The van der Waals surface area contributed by atoms with Crippen molar-refractivity contribution in [2.75, 3.05) is 19.6 Å². The van der Waals surface area contributed by atoms with Gasteiger partial charge in [0.2, 0.25) is 0 Å². The highest BCUT2D eigenvalue weighted by molar-refractivity contribution is 7.09. The van der Waals surface area contributed by atoms with E-state index < -0.39 is 0 Å². The van der Waals surface area contributed by atoms with Gasteiger partial charge in [0, 0.05) is 11.6 Å². The van der Waals surface area contributed by atoms with Gasteiger partial charge in [0.1, 0.15) is 5.01 Å². The highest BCUT2D eigenvalue weighted by atomic mass is 35.5. The molecule has 19 heavy (non-hydrogen) atoms. The summed E-state index contributed by atoms with van der Waals surface area (Å²) in [5, 5.41) is 10.3. The van der Waals surface area contributed by atoms with E-state index in [1.165, 1.54) is 37.4 Å². The van der Waals surface area contributed by atoms with Crippen molar-refractivity contribution in [1.82, 2.24) is 15.6 Å². The molecule has 0 spiro atoms. The van der Waals surface area contributed by atoms with E-state index in [4.69, 9.17) is 0 Å². The van der Waals surface area contributed by atoms with Crippen molar-refractivity contribution in [2.24, 2.45) is 5.92 Å². The van der Waals surface area contributed by atoms with Gasteiger partial charge < -0.3 is 10.6 Å². The molecule has 3 nitrogen and oxygen atoms in total. The Kier molecular flexibility index (Phi) is 9.20. The van der Waals surface area contributed by atoms with Crippen LogP contribution in [0.2, 0.25) is 0 Å². The average Bonchev–Trinajstić information content (AvgIpc) is 2.84. The highest BCUT2D eigenvalue weighted by Gasteiger charge is 2.22. The van der Waals surface area contributed by atoms with Crippen LogP contribution < -0.4 is 10.6 Å². The first-order chi connectivity index (χ1) is 8.18. The zero-order valence-corrected chi connectivity index (χ0v) is 14.1. The minimum Gasteiger partial charge on any atom is -0.317 e. The van der Waals surface area contributed by atoms with Crippen molar-refractivity contribution < 1.29 is 0 Å². The molecule has 0 radical (unpaired) electrons. The molecule has 1 fully saturated rings. The van der Waals surface area contributed by atoms with Gasteiger partial charge in [-0.15, -0.1) is 36.2 Å². The minimum atomic E-state index is 0. The number of nitrogens with one attached hydrogen (secondary N) is 2. The lowest BCUT2D eigenvalue weighted by Gasteiger charge is -2.27. The molecule has 2 heterocycles. The van der Waals surface area contributed by atoms with Crippen LogP contribution in [0, 0.1) is 5.92 Å². The van der Waals surface area contributed by atoms with E-state index in [2.05, 4.69) is 29.5 Å². The van der Waals surface area contributed by atoms with Crippen LogP contribution in [-0.4, -0.2) is 24.6 Å². The first-order valence-electron chi connectivity index (χ1n) is 6.54. The predicted octanol–water partition coefficient (Wildman–Crippen LogP) is 3.20. The summed E-state index contributed by atoms with van der Waals surface area (Å²) in [4.78, 5) is 4.40. The van der Waals surface area contributed by atoms with Crippen LogP contribution in [0.5, 0.6) is 0 Å². The van der Waals surface area contributed by atoms with E-state index in [0.717, 1.165) is 12.5 Å². The SMILES string of the molecule is CC(C)(NCCC1CCNCC1)c1nccs1.Cl.Cl. The molecular formula is C13H25Cl2N3S. The van der Waals surface area contributed by atoms with Crippen LogP contribution in [0.4, 0.5) is 0 Å². The third-order valence-corrected chi connectivity index (χ3v) is 4.64. The van der Waals surface area contributed by atoms with E-state index in [0.29, 0.717) is 0 Å². The van der Waals surface area contributed by atoms with Gasteiger partial charge in [0.25, 0.3) is 0 Å². The molecule has 1 aromatic heterocycles. The minimum absolute atomic E-state index is 0. The number of hydrogen-bond acceptors (Lipinski definition) is 4. The van der Waals surface area contributed by atoms with Gasteiger partial charge in [-0.25, -0.2) is 4.98 Å². The van der Waals surface area contributed by atoms with E-state index in [1.807, 2.05) is 11.6 Å². The molecular weight excluding hydrogens is 301 g/mol. The molecule has 0 saturated carbocycles. The molecule has 0 aliphatic carbocycles. The first-order valence-corrected chi connectivity index (χ1v) is 7.42. The lowest BCUT2D eigenvalue weighted by Crippen LogP contribution is -2.38. The molecule has 2 rings (SSSR count). The quantitative estimate of drug-likeness (QED) is 0.872. The predicted molar refractivity (Wildman–Crippen MR) is 87.8 cm³/mol. The smallest absolute Gasteiger partial charge is 0.112 e. The Hall–Kier alpha value is 0.130. The number of piperidine rings is 1. The normalized spacial score (nSPS) is 16.5. The zero-order chi connectivity index (χ0) is 12.1. The van der Waals surface area contributed by atoms with Gasteiger partial charge in [-0.1, -0.05) is 0 Å². The van der Waals surface area contributed by atoms with Gasteiger partial charge in [0.15, 0.2) is 0 Å². The van der Waals surface area contributed by atoms with Crippen LogP contribution in [0.1, 0.15) is 38.1 Å². The van der Waals surface area contributed by atoms with Crippen LogP contribution in [-0.2, 0) is 5.54 Å². The fourth-order valence-electron chi connectivity index (χ4n) is 2.37. The Morgan fingerprint density at radius 1 is 1.37 bits per heavy atom. The Labute approximate surface area is 132 Å². The number of hydrogen-bond donors (Lipinski definition) is 2. The zero-order valence-electron chi connectivity index (χ0n) is 11.6. The van der Waals surface area contributed by atoms with E-state index >= 15 is 0 Å². The first kappa shape index (κ1) is 19.1. The van der Waals surface area contributed by atoms with Crippen molar-refractivity contribution in [2.45, 2.75) is 38.6 Å². The molecule has 1 aromatic rings. The second-order valence-corrected chi connectivity index (χ2v) is 6.27. The highest BCUT2D eigenvalue weighted by Crippen LogP contribution is 2.22. The molecule has 0 bridgehead atoms. The summed E-state index contributed by atoms with van der Waals surface area (Å²) in [6.45, 7) is 7.92. The summed E-state index contributed by atoms with van der Waals surface area (Å²) in [5.41, 5.74) is 0.0150. The summed E-state index contributed by atoms with van der Waals surface area (Å²) < 4.78 is 0. The summed E-state index contributed by atoms with van der Waals surface area (Å²) in [5.74, 6) is 0.899. The Morgan fingerprint density at radius 3 is 2.63 bits per heavy atom. The Bertz CT molecular complexity index is 325. The third kappa shape index (κ3) is 5.96. The molecule has 1 aliphatic rings. The summed E-state index contributed by atoms with van der Waals surface area (Å²) in [7, 11) is 0. The lowest BCUT2D eigenvalue weighted by atomic mass is 9.94. The fraction of sp³-hybridized carbons (Fsp3) is 0.769. The van der Waals surface area contributed by atoms with Gasteiger partial charge in [-0.3, -0.25) is 0 Å². The van der Waals surface area contributed by atoms with Crippen LogP contribution in [0.3, 0.4) is 0 Å². The number of nitrogens with zero attached hydrogens (tertiary/aromatic N) is 1. The van der Waals surface area contributed by atoms with Crippen molar-refractivity contribution in [3.8, 4) is 0 Å². The van der Waals surface area contributed by atoms with E-state index in [-0.39, 0.29) is 30.4 Å². The summed E-state index contributed by atoms with van der Waals surface area (Å²) in [6, 6.07) is 0.